The van der Waals surface area contributed by atoms with Crippen LogP contribution in [0.5, 0.6) is 5.75 Å². The summed E-state index contributed by atoms with van der Waals surface area (Å²) in [5, 5.41) is 4.13. The Kier molecular flexibility index (Phi) is 5.77. The van der Waals surface area contributed by atoms with Crippen LogP contribution in [0.15, 0.2) is 65.6 Å². The van der Waals surface area contributed by atoms with Gasteiger partial charge in [0.25, 0.3) is 11.1 Å². The zero-order valence-electron chi connectivity index (χ0n) is 17.0. The van der Waals surface area contributed by atoms with Crippen LogP contribution >= 0.6 is 11.8 Å². The smallest absolute Gasteiger partial charge is 0.294 e. The van der Waals surface area contributed by atoms with E-state index in [0.717, 1.165) is 38.6 Å². The standard InChI is InChI=1S/C24H20N2O4S/c1-15-7-10-17(11-8-15)25-22(27)14-26-23(28)21(31-24(26)29)13-19-18-6-4-3-5-16(18)9-12-20(19)30-2/h3-13H,14H2,1-2H3,(H,25,27)/b21-13-. The van der Waals surface area contributed by atoms with Crippen molar-refractivity contribution in [1.29, 1.82) is 0 Å². The lowest BCUT2D eigenvalue weighted by Gasteiger charge is -2.13. The zero-order valence-corrected chi connectivity index (χ0v) is 17.9. The summed E-state index contributed by atoms with van der Waals surface area (Å²) < 4.78 is 5.46. The highest BCUT2D eigenvalue weighted by Crippen LogP contribution is 2.36. The molecule has 7 heteroatoms. The molecule has 1 aliphatic rings. The van der Waals surface area contributed by atoms with E-state index in [1.165, 1.54) is 0 Å². The maximum Gasteiger partial charge on any atom is 0.294 e. The van der Waals surface area contributed by atoms with E-state index in [0.29, 0.717) is 11.4 Å². The van der Waals surface area contributed by atoms with Gasteiger partial charge in [-0.25, -0.2) is 0 Å². The Morgan fingerprint density at radius 1 is 1.06 bits per heavy atom. The molecular weight excluding hydrogens is 412 g/mol. The van der Waals surface area contributed by atoms with Crippen molar-refractivity contribution in [3.63, 3.8) is 0 Å². The number of benzene rings is 3. The third-order valence-electron chi connectivity index (χ3n) is 4.94. The maximum absolute atomic E-state index is 12.9. The summed E-state index contributed by atoms with van der Waals surface area (Å²) in [6.45, 7) is 1.60. The molecule has 6 nitrogen and oxygen atoms in total. The highest BCUT2D eigenvalue weighted by atomic mass is 32.2. The Bertz CT molecular complexity index is 1220. The lowest BCUT2D eigenvalue weighted by Crippen LogP contribution is -2.36. The van der Waals surface area contributed by atoms with E-state index in [-0.39, 0.29) is 11.4 Å². The number of carbonyl (C=O) groups is 3. The molecule has 1 heterocycles. The first kappa shape index (κ1) is 20.7. The molecule has 3 aromatic rings. The fourth-order valence-electron chi connectivity index (χ4n) is 3.35. The Balaban J connectivity index is 1.57. The van der Waals surface area contributed by atoms with Gasteiger partial charge in [-0.15, -0.1) is 0 Å². The van der Waals surface area contributed by atoms with E-state index in [4.69, 9.17) is 4.74 Å². The van der Waals surface area contributed by atoms with Crippen LogP contribution in [0.4, 0.5) is 10.5 Å². The number of imide groups is 1. The predicted octanol–water partition coefficient (Wildman–Crippen LogP) is 4.83. The first-order valence-electron chi connectivity index (χ1n) is 9.64. The number of ether oxygens (including phenoxy) is 1. The van der Waals surface area contributed by atoms with Gasteiger partial charge in [0.15, 0.2) is 0 Å². The Labute approximate surface area is 183 Å². The molecule has 3 amide bonds. The van der Waals surface area contributed by atoms with E-state index < -0.39 is 17.1 Å². The Morgan fingerprint density at radius 3 is 2.55 bits per heavy atom. The van der Waals surface area contributed by atoms with Crippen LogP contribution in [0, 0.1) is 6.92 Å². The van der Waals surface area contributed by atoms with Gasteiger partial charge in [-0.2, -0.15) is 0 Å². The molecule has 1 N–H and O–H groups in total. The van der Waals surface area contributed by atoms with Crippen LogP contribution < -0.4 is 10.1 Å². The largest absolute Gasteiger partial charge is 0.496 e. The van der Waals surface area contributed by atoms with Gasteiger partial charge >= 0.3 is 0 Å². The molecule has 0 unspecified atom stereocenters. The molecule has 31 heavy (non-hydrogen) atoms. The van der Waals surface area contributed by atoms with Gasteiger partial charge in [0, 0.05) is 11.3 Å². The molecule has 4 rings (SSSR count). The van der Waals surface area contributed by atoms with Crippen molar-refractivity contribution in [2.45, 2.75) is 6.92 Å². The molecule has 156 valence electrons. The monoisotopic (exact) mass is 432 g/mol. The number of nitrogens with zero attached hydrogens (tertiary/aromatic N) is 1. The van der Waals surface area contributed by atoms with Crippen molar-refractivity contribution in [1.82, 2.24) is 4.90 Å². The summed E-state index contributed by atoms with van der Waals surface area (Å²) in [5.41, 5.74) is 2.40. The third kappa shape index (κ3) is 4.32. The fraction of sp³-hybridized carbons (Fsp3) is 0.125. The minimum Gasteiger partial charge on any atom is -0.496 e. The minimum atomic E-state index is -0.496. The Morgan fingerprint density at radius 2 is 1.81 bits per heavy atom. The number of hydrogen-bond donors (Lipinski definition) is 1. The van der Waals surface area contributed by atoms with E-state index in [2.05, 4.69) is 5.32 Å². The summed E-state index contributed by atoms with van der Waals surface area (Å²) in [7, 11) is 1.56. The molecule has 0 atom stereocenters. The first-order chi connectivity index (χ1) is 15.0. The number of nitrogens with one attached hydrogen (secondary N) is 1. The molecule has 0 spiro atoms. The first-order valence-corrected chi connectivity index (χ1v) is 10.5. The topological polar surface area (TPSA) is 75.7 Å². The summed E-state index contributed by atoms with van der Waals surface area (Å²) in [5.74, 6) is -0.332. The molecule has 0 aliphatic carbocycles. The second-order valence-electron chi connectivity index (χ2n) is 7.08. The third-order valence-corrected chi connectivity index (χ3v) is 5.84. The zero-order chi connectivity index (χ0) is 22.0. The second-order valence-corrected chi connectivity index (χ2v) is 8.08. The summed E-state index contributed by atoms with van der Waals surface area (Å²) in [6.07, 6.45) is 1.66. The van der Waals surface area contributed by atoms with Crippen LogP contribution in [0.1, 0.15) is 11.1 Å². The number of rotatable bonds is 5. The number of anilines is 1. The highest BCUT2D eigenvalue weighted by molar-refractivity contribution is 8.18. The average Bonchev–Trinajstić information content (AvgIpc) is 3.03. The summed E-state index contributed by atoms with van der Waals surface area (Å²) in [6, 6.07) is 18.8. The lowest BCUT2D eigenvalue weighted by molar-refractivity contribution is -0.127. The van der Waals surface area contributed by atoms with Crippen LogP contribution in [-0.2, 0) is 9.59 Å². The van der Waals surface area contributed by atoms with Gasteiger partial charge in [0.2, 0.25) is 5.91 Å². The van der Waals surface area contributed by atoms with Gasteiger partial charge in [-0.3, -0.25) is 19.3 Å². The van der Waals surface area contributed by atoms with Gasteiger partial charge in [-0.1, -0.05) is 48.0 Å². The molecular formula is C24H20N2O4S. The number of aryl methyl sites for hydroxylation is 1. The molecule has 0 aromatic heterocycles. The lowest BCUT2D eigenvalue weighted by atomic mass is 10.0. The normalized spacial score (nSPS) is 15.0. The van der Waals surface area contributed by atoms with Crippen molar-refractivity contribution in [3.8, 4) is 5.75 Å². The quantitative estimate of drug-likeness (QED) is 0.585. The second kappa shape index (κ2) is 8.65. The fourth-order valence-corrected chi connectivity index (χ4v) is 4.17. The van der Waals surface area contributed by atoms with Crippen LogP contribution in [0.25, 0.3) is 16.8 Å². The van der Waals surface area contributed by atoms with Gasteiger partial charge in [0.1, 0.15) is 12.3 Å². The van der Waals surface area contributed by atoms with E-state index in [9.17, 15) is 14.4 Å². The van der Waals surface area contributed by atoms with E-state index in [1.54, 1.807) is 25.3 Å². The van der Waals surface area contributed by atoms with E-state index in [1.807, 2.05) is 55.5 Å². The maximum atomic E-state index is 12.9. The van der Waals surface area contributed by atoms with Crippen LogP contribution in [0.3, 0.4) is 0 Å². The average molecular weight is 433 g/mol. The molecule has 3 aromatic carbocycles. The molecule has 1 aliphatic heterocycles. The SMILES string of the molecule is COc1ccc2ccccc2c1/C=C1\SC(=O)N(CC(=O)Nc2ccc(C)cc2)C1=O. The van der Waals surface area contributed by atoms with Crippen molar-refractivity contribution >= 4 is 51.4 Å². The van der Waals surface area contributed by atoms with Gasteiger partial charge in [0.05, 0.1) is 12.0 Å². The van der Waals surface area contributed by atoms with Crippen LogP contribution in [0.2, 0.25) is 0 Å². The van der Waals surface area contributed by atoms with Gasteiger partial charge in [-0.05, 0) is 53.7 Å². The Hall–Kier alpha value is -3.58. The minimum absolute atomic E-state index is 0.253. The summed E-state index contributed by atoms with van der Waals surface area (Å²) in [4.78, 5) is 38.9. The molecule has 0 radical (unpaired) electrons. The van der Waals surface area contributed by atoms with Crippen molar-refractivity contribution in [2.24, 2.45) is 0 Å². The van der Waals surface area contributed by atoms with Gasteiger partial charge < -0.3 is 10.1 Å². The number of hydrogen-bond acceptors (Lipinski definition) is 5. The number of thioether (sulfide) groups is 1. The van der Waals surface area contributed by atoms with Crippen molar-refractivity contribution in [2.75, 3.05) is 19.0 Å². The van der Waals surface area contributed by atoms with E-state index >= 15 is 0 Å². The molecule has 0 bridgehead atoms. The number of amides is 3. The molecule has 0 saturated carbocycles. The number of carbonyl (C=O) groups excluding carboxylic acids is 3. The van der Waals surface area contributed by atoms with Crippen molar-refractivity contribution < 1.29 is 19.1 Å². The molecule has 1 fully saturated rings. The van der Waals surface area contributed by atoms with Crippen LogP contribution in [-0.4, -0.2) is 35.6 Å². The summed E-state index contributed by atoms with van der Waals surface area (Å²) >= 11 is 0.818. The highest BCUT2D eigenvalue weighted by Gasteiger charge is 2.36. The van der Waals surface area contributed by atoms with Crippen molar-refractivity contribution in [3.05, 3.63) is 76.7 Å². The molecule has 1 saturated heterocycles. The number of methoxy groups -OCH3 is 1. The predicted molar refractivity (Wildman–Crippen MR) is 123 cm³/mol. The number of fused-ring (bicyclic) bond motifs is 1.